The van der Waals surface area contributed by atoms with Crippen LogP contribution in [0.2, 0.25) is 0 Å². The van der Waals surface area contributed by atoms with Gasteiger partial charge in [0.05, 0.1) is 6.20 Å². The third-order valence-corrected chi connectivity index (χ3v) is 7.10. The van der Waals surface area contributed by atoms with Crippen molar-refractivity contribution in [2.75, 3.05) is 36.4 Å². The summed E-state index contributed by atoms with van der Waals surface area (Å²) in [6.07, 6.45) is 4.46. The molecule has 0 bridgehead atoms. The van der Waals surface area contributed by atoms with Gasteiger partial charge in [-0.3, -0.25) is 4.79 Å². The van der Waals surface area contributed by atoms with E-state index in [4.69, 9.17) is 9.72 Å². The van der Waals surface area contributed by atoms with Crippen molar-refractivity contribution in [1.82, 2.24) is 39.8 Å². The van der Waals surface area contributed by atoms with Crippen LogP contribution in [0.1, 0.15) is 11.1 Å². The van der Waals surface area contributed by atoms with Gasteiger partial charge in [0, 0.05) is 50.5 Å². The Morgan fingerprint density at radius 2 is 1.88 bits per heavy atom. The van der Waals surface area contributed by atoms with Crippen molar-refractivity contribution in [1.29, 1.82) is 0 Å². The van der Waals surface area contributed by atoms with E-state index in [0.29, 0.717) is 77.1 Å². The fourth-order valence-electron chi connectivity index (χ4n) is 4.79. The van der Waals surface area contributed by atoms with Gasteiger partial charge in [0.25, 0.3) is 0 Å². The van der Waals surface area contributed by atoms with Crippen molar-refractivity contribution in [3.05, 3.63) is 66.4 Å². The number of piperazine rings is 1. The first-order valence-corrected chi connectivity index (χ1v) is 13.0. The van der Waals surface area contributed by atoms with Crippen LogP contribution in [0.25, 0.3) is 22.1 Å². The molecular weight excluding hydrogens is 527 g/mol. The number of hydrogen-bond acceptors (Lipinski definition) is 10. The van der Waals surface area contributed by atoms with Gasteiger partial charge in [0.15, 0.2) is 11.6 Å². The van der Waals surface area contributed by atoms with Crippen LogP contribution in [0.3, 0.4) is 0 Å². The Hall–Kier alpha value is -5.20. The number of nitrogens with zero attached hydrogens (tertiary/aromatic N) is 9. The number of fused-ring (bicyclic) bond motifs is 2. The van der Waals surface area contributed by atoms with Crippen molar-refractivity contribution >= 4 is 45.4 Å². The first kappa shape index (κ1) is 26.0. The molecule has 1 fully saturated rings. The number of carbonyl (C=O) groups is 1. The normalized spacial score (nSPS) is 13.6. The minimum atomic E-state index is -0.412. The van der Waals surface area contributed by atoms with Gasteiger partial charge in [-0.1, -0.05) is 11.8 Å². The molecule has 4 heterocycles. The number of hydrogen-bond donors (Lipinski definition) is 1. The molecule has 1 saturated heterocycles. The van der Waals surface area contributed by atoms with E-state index < -0.39 is 5.82 Å². The molecule has 208 valence electrons. The number of ether oxygens (including phenoxy) is 1. The number of carbonyl (C=O) groups excluding carboxylic acids is 1. The maximum absolute atomic E-state index is 15.0. The monoisotopic (exact) mass is 554 g/mol. The summed E-state index contributed by atoms with van der Waals surface area (Å²) in [5.41, 5.74) is 3.89. The second-order valence-corrected chi connectivity index (χ2v) is 9.74. The highest BCUT2D eigenvalue weighted by Crippen LogP contribution is 2.34. The summed E-state index contributed by atoms with van der Waals surface area (Å²) in [5, 5.41) is 11.2. The van der Waals surface area contributed by atoms with Gasteiger partial charge in [-0.05, 0) is 43.7 Å². The smallest absolute Gasteiger partial charge is 0.246 e. The van der Waals surface area contributed by atoms with E-state index in [0.717, 1.165) is 11.3 Å². The van der Waals surface area contributed by atoms with Crippen LogP contribution in [-0.4, -0.2) is 71.9 Å². The predicted molar refractivity (Wildman–Crippen MR) is 152 cm³/mol. The maximum Gasteiger partial charge on any atom is 0.246 e. The zero-order chi connectivity index (χ0) is 28.7. The lowest BCUT2D eigenvalue weighted by Gasteiger charge is -2.34. The summed E-state index contributed by atoms with van der Waals surface area (Å²) < 4.78 is 22.5. The summed E-state index contributed by atoms with van der Waals surface area (Å²) in [7, 11) is 1.65. The zero-order valence-electron chi connectivity index (χ0n) is 22.8. The molecule has 0 radical (unpaired) electrons. The quantitative estimate of drug-likeness (QED) is 0.309. The zero-order valence-corrected chi connectivity index (χ0v) is 22.8. The number of benzene rings is 2. The van der Waals surface area contributed by atoms with E-state index in [2.05, 4.69) is 37.2 Å². The van der Waals surface area contributed by atoms with Crippen molar-refractivity contribution in [3.8, 4) is 11.5 Å². The molecule has 3 aromatic heterocycles. The van der Waals surface area contributed by atoms with Crippen molar-refractivity contribution in [2.45, 2.75) is 13.8 Å². The van der Waals surface area contributed by atoms with E-state index >= 15 is 0 Å². The molecule has 1 N–H and O–H groups in total. The number of aromatic nitrogens is 7. The highest BCUT2D eigenvalue weighted by Gasteiger charge is 2.22. The summed E-state index contributed by atoms with van der Waals surface area (Å²) in [5.74, 6) is 1.53. The van der Waals surface area contributed by atoms with Gasteiger partial charge in [-0.2, -0.15) is 0 Å². The molecule has 0 spiro atoms. The van der Waals surface area contributed by atoms with Crippen LogP contribution in [0.5, 0.6) is 11.5 Å². The first-order chi connectivity index (χ1) is 19.8. The van der Waals surface area contributed by atoms with E-state index in [-0.39, 0.29) is 5.91 Å². The lowest BCUT2D eigenvalue weighted by Crippen LogP contribution is -2.48. The van der Waals surface area contributed by atoms with E-state index in [9.17, 15) is 9.18 Å². The van der Waals surface area contributed by atoms with Gasteiger partial charge in [0.2, 0.25) is 11.9 Å². The molecule has 0 aliphatic carbocycles. The SMILES string of the molecule is C=CC(=O)N1CCN(c2ncc3ncnc(Nc4ccc(Oc5cc6nnn(C)c6c(F)c5C)c(C)c4)c3n2)CC1. The first-order valence-electron chi connectivity index (χ1n) is 13.0. The van der Waals surface area contributed by atoms with Crippen LogP contribution in [-0.2, 0) is 11.8 Å². The van der Waals surface area contributed by atoms with Crippen LogP contribution >= 0.6 is 0 Å². The Balaban J connectivity index is 1.23. The summed E-state index contributed by atoms with van der Waals surface area (Å²) in [4.78, 5) is 33.7. The summed E-state index contributed by atoms with van der Waals surface area (Å²) in [6, 6.07) is 7.26. The average Bonchev–Trinajstić information content (AvgIpc) is 3.36. The maximum atomic E-state index is 15.0. The van der Waals surface area contributed by atoms with Gasteiger partial charge in [0.1, 0.15) is 39.9 Å². The third-order valence-electron chi connectivity index (χ3n) is 7.10. The van der Waals surface area contributed by atoms with Crippen LogP contribution < -0.4 is 15.0 Å². The van der Waals surface area contributed by atoms with Gasteiger partial charge in [-0.25, -0.2) is 29.0 Å². The molecule has 2 aromatic carbocycles. The molecule has 5 aromatic rings. The summed E-state index contributed by atoms with van der Waals surface area (Å²) >= 11 is 0. The van der Waals surface area contributed by atoms with Crippen LogP contribution in [0, 0.1) is 19.7 Å². The Labute approximate surface area is 234 Å². The molecule has 0 unspecified atom stereocenters. The summed E-state index contributed by atoms with van der Waals surface area (Å²) in [6.45, 7) is 9.47. The minimum absolute atomic E-state index is 0.0791. The number of anilines is 3. The highest BCUT2D eigenvalue weighted by atomic mass is 19.1. The average molecular weight is 555 g/mol. The fourth-order valence-corrected chi connectivity index (χ4v) is 4.79. The number of amides is 1. The van der Waals surface area contributed by atoms with Crippen LogP contribution in [0.15, 0.2) is 49.4 Å². The van der Waals surface area contributed by atoms with E-state index in [1.807, 2.05) is 30.0 Å². The molecule has 0 saturated carbocycles. The van der Waals surface area contributed by atoms with Crippen molar-refractivity contribution < 1.29 is 13.9 Å². The van der Waals surface area contributed by atoms with Crippen molar-refractivity contribution in [2.24, 2.45) is 7.05 Å². The van der Waals surface area contributed by atoms with E-state index in [1.165, 1.54) is 17.1 Å². The molecule has 6 rings (SSSR count). The molecule has 41 heavy (non-hydrogen) atoms. The number of halogens is 1. The molecule has 13 heteroatoms. The predicted octanol–water partition coefficient (Wildman–Crippen LogP) is 3.83. The molecule has 12 nitrogen and oxygen atoms in total. The lowest BCUT2D eigenvalue weighted by atomic mass is 10.1. The fraction of sp³-hybridized carbons (Fsp3) is 0.250. The second kappa shape index (κ2) is 10.4. The Bertz CT molecular complexity index is 1810. The molecular formula is C28H27FN10O2. The Kier molecular flexibility index (Phi) is 6.61. The second-order valence-electron chi connectivity index (χ2n) is 9.74. The van der Waals surface area contributed by atoms with Crippen molar-refractivity contribution in [3.63, 3.8) is 0 Å². The van der Waals surface area contributed by atoms with Gasteiger partial charge < -0.3 is 19.9 Å². The van der Waals surface area contributed by atoms with Gasteiger partial charge in [-0.15, -0.1) is 5.10 Å². The lowest BCUT2D eigenvalue weighted by molar-refractivity contribution is -0.126. The molecule has 1 aliphatic heterocycles. The Morgan fingerprint density at radius 3 is 2.63 bits per heavy atom. The topological polar surface area (TPSA) is 127 Å². The largest absolute Gasteiger partial charge is 0.457 e. The number of nitrogens with one attached hydrogen (secondary N) is 1. The van der Waals surface area contributed by atoms with Gasteiger partial charge >= 0.3 is 0 Å². The van der Waals surface area contributed by atoms with E-state index in [1.54, 1.807) is 31.1 Å². The molecule has 1 aliphatic rings. The number of aryl methyl sites for hydroxylation is 2. The Morgan fingerprint density at radius 1 is 1.07 bits per heavy atom. The highest BCUT2D eigenvalue weighted by molar-refractivity contribution is 5.88. The third kappa shape index (κ3) is 4.86. The minimum Gasteiger partial charge on any atom is -0.457 e. The van der Waals surface area contributed by atoms with Crippen LogP contribution in [0.4, 0.5) is 21.8 Å². The number of rotatable bonds is 6. The molecule has 1 amide bonds. The standard InChI is InChI=1S/C28H27FN10O2/c1-5-23(40)38-8-10-39(11-9-38)28-30-14-20-25(34-28)27(32-15-31-20)33-18-6-7-21(16(2)12-18)41-22-13-19-26(24(29)17(22)3)37(4)36-35-19/h5-7,12-15H,1,8-11H2,2-4H3,(H,31,32,33). The molecule has 0 atom stereocenters.